The summed E-state index contributed by atoms with van der Waals surface area (Å²) in [4.78, 5) is 0. The molecule has 19 heavy (non-hydrogen) atoms. The highest BCUT2D eigenvalue weighted by Crippen LogP contribution is 2.27. The Labute approximate surface area is 110 Å². The van der Waals surface area contributed by atoms with Gasteiger partial charge in [-0.3, -0.25) is 0 Å². The molecule has 7 nitrogen and oxygen atoms in total. The van der Waals surface area contributed by atoms with Crippen molar-refractivity contribution in [2.45, 2.75) is 6.92 Å². The molecule has 2 rings (SSSR count). The van der Waals surface area contributed by atoms with Crippen LogP contribution in [0, 0.1) is 10.2 Å². The van der Waals surface area contributed by atoms with E-state index in [-0.39, 0.29) is 5.75 Å². The third kappa shape index (κ3) is 5.69. The summed E-state index contributed by atoms with van der Waals surface area (Å²) < 4.78 is 44.6. The first kappa shape index (κ1) is 15.4. The van der Waals surface area contributed by atoms with Crippen molar-refractivity contribution in [2.75, 3.05) is 6.61 Å². The van der Waals surface area contributed by atoms with E-state index in [1.807, 2.05) is 6.92 Å². The second-order valence-corrected chi connectivity index (χ2v) is 4.03. The summed E-state index contributed by atoms with van der Waals surface area (Å²) in [6, 6.07) is 6.72. The maximum absolute atomic E-state index is 9.25. The van der Waals surface area contributed by atoms with Crippen LogP contribution in [0.15, 0.2) is 34.9 Å². The van der Waals surface area contributed by atoms with Crippen LogP contribution < -0.4 is 23.4 Å². The predicted molar refractivity (Wildman–Crippen MR) is 53.5 cm³/mol. The zero-order chi connectivity index (χ0) is 14.5. The summed E-state index contributed by atoms with van der Waals surface area (Å²) in [5, 5.41) is 10.1. The summed E-state index contributed by atoms with van der Waals surface area (Å²) in [6.07, 6.45) is 1.55. The Bertz CT molecular complexity index is 532. The molecule has 2 aromatic rings. The van der Waals surface area contributed by atoms with Crippen molar-refractivity contribution in [3.05, 3.63) is 30.5 Å². The van der Waals surface area contributed by atoms with Crippen LogP contribution in [0.4, 0.5) is 0 Å². The van der Waals surface area contributed by atoms with E-state index in [4.69, 9.17) is 27.8 Å². The number of phenolic OH excluding ortho intramolecular Hbond substituents is 1. The molecule has 0 spiro atoms. The van der Waals surface area contributed by atoms with Gasteiger partial charge in [-0.1, -0.05) is 0 Å². The molecule has 8 heteroatoms. The zero-order valence-electron chi connectivity index (χ0n) is 9.87. The SMILES string of the molecule is CCOc1cc[o+]c2cc(O)ccc12.[O-][Cl+3]([O-])([O-])[O-]. The van der Waals surface area contributed by atoms with Gasteiger partial charge in [0.25, 0.3) is 0 Å². The van der Waals surface area contributed by atoms with Gasteiger partial charge in [-0.05, 0) is 19.1 Å². The predicted octanol–water partition coefficient (Wildman–Crippen LogP) is -1.94. The van der Waals surface area contributed by atoms with Crippen molar-refractivity contribution in [3.63, 3.8) is 0 Å². The molecule has 1 heterocycles. The molecule has 0 atom stereocenters. The second-order valence-electron chi connectivity index (χ2n) is 3.28. The first-order chi connectivity index (χ1) is 8.81. The largest absolute Gasteiger partial charge is 0.508 e. The van der Waals surface area contributed by atoms with E-state index in [9.17, 15) is 5.11 Å². The summed E-state index contributed by atoms with van der Waals surface area (Å²) in [7, 11) is -4.94. The van der Waals surface area contributed by atoms with Gasteiger partial charge in [0.15, 0.2) is 0 Å². The minimum absolute atomic E-state index is 0.190. The Hall–Kier alpha value is -1.64. The Morgan fingerprint density at radius 3 is 2.42 bits per heavy atom. The maximum Gasteiger partial charge on any atom is 0.367 e. The van der Waals surface area contributed by atoms with E-state index in [0.717, 1.165) is 11.1 Å². The molecule has 1 aromatic carbocycles. The monoisotopic (exact) mass is 290 g/mol. The van der Waals surface area contributed by atoms with E-state index in [0.29, 0.717) is 12.2 Å². The quantitative estimate of drug-likeness (QED) is 0.636. The van der Waals surface area contributed by atoms with Crippen molar-refractivity contribution in [3.8, 4) is 11.5 Å². The van der Waals surface area contributed by atoms with E-state index in [1.165, 1.54) is 0 Å². The maximum atomic E-state index is 9.25. The van der Waals surface area contributed by atoms with Crippen LogP contribution in [0.25, 0.3) is 11.0 Å². The summed E-state index contributed by atoms with van der Waals surface area (Å²) in [6.45, 7) is 2.54. The number of fused-ring (bicyclic) bond motifs is 1. The third-order valence-corrected chi connectivity index (χ3v) is 1.94. The number of aromatic hydroxyl groups is 1. The first-order valence-electron chi connectivity index (χ1n) is 5.09. The Morgan fingerprint density at radius 1 is 1.21 bits per heavy atom. The first-order valence-corrected chi connectivity index (χ1v) is 6.33. The van der Waals surface area contributed by atoms with E-state index < -0.39 is 10.2 Å². The molecule has 1 aromatic heterocycles. The number of rotatable bonds is 2. The van der Waals surface area contributed by atoms with Crippen molar-refractivity contribution in [1.82, 2.24) is 0 Å². The fourth-order valence-corrected chi connectivity index (χ4v) is 1.35. The minimum Gasteiger partial charge on any atom is -0.508 e. The molecular weight excluding hydrogens is 280 g/mol. The van der Waals surface area contributed by atoms with Crippen LogP contribution in [0.3, 0.4) is 0 Å². The summed E-state index contributed by atoms with van der Waals surface area (Å²) in [5.41, 5.74) is 0.621. The second kappa shape index (κ2) is 6.50. The van der Waals surface area contributed by atoms with Crippen LogP contribution in [0.2, 0.25) is 0 Å². The van der Waals surface area contributed by atoms with Gasteiger partial charge >= 0.3 is 11.8 Å². The van der Waals surface area contributed by atoms with E-state index in [2.05, 4.69) is 0 Å². The highest BCUT2D eigenvalue weighted by atomic mass is 35.7. The Balaban J connectivity index is 0.000000312. The Kier molecular flexibility index (Phi) is 5.28. The van der Waals surface area contributed by atoms with Gasteiger partial charge in [0.2, 0.25) is 0 Å². The Morgan fingerprint density at radius 2 is 1.84 bits per heavy atom. The van der Waals surface area contributed by atoms with E-state index in [1.54, 1.807) is 30.5 Å². The molecule has 0 unspecified atom stereocenters. The normalized spacial score (nSPS) is 10.8. The van der Waals surface area contributed by atoms with Gasteiger partial charge in [0, 0.05) is 0 Å². The lowest BCUT2D eigenvalue weighted by atomic mass is 10.2. The molecule has 0 bridgehead atoms. The number of ether oxygens (including phenoxy) is 1. The molecule has 0 amide bonds. The summed E-state index contributed by atoms with van der Waals surface area (Å²) >= 11 is 0. The molecule has 1 N–H and O–H groups in total. The lowest BCUT2D eigenvalue weighted by Gasteiger charge is -2.17. The molecule has 104 valence electrons. The number of benzene rings is 1. The molecule has 0 aliphatic heterocycles. The molecule has 0 saturated carbocycles. The summed E-state index contributed by atoms with van der Waals surface area (Å²) in [5.74, 6) is 0.962. The molecule has 0 aliphatic rings. The average molecular weight is 291 g/mol. The number of hydrogen-bond acceptors (Lipinski definition) is 6. The lowest BCUT2D eigenvalue weighted by molar-refractivity contribution is -2.00. The molecular formula is C11H11ClO7. The van der Waals surface area contributed by atoms with Crippen LogP contribution in [0.5, 0.6) is 11.5 Å². The van der Waals surface area contributed by atoms with E-state index >= 15 is 0 Å². The highest BCUT2D eigenvalue weighted by Gasteiger charge is 2.11. The van der Waals surface area contributed by atoms with Gasteiger partial charge in [0.1, 0.15) is 16.9 Å². The topological polar surface area (TPSA) is 133 Å². The average Bonchev–Trinajstić information content (AvgIpc) is 2.27. The van der Waals surface area contributed by atoms with Gasteiger partial charge in [-0.25, -0.2) is 23.1 Å². The van der Waals surface area contributed by atoms with Crippen LogP contribution in [-0.4, -0.2) is 11.7 Å². The van der Waals surface area contributed by atoms with Crippen LogP contribution in [0.1, 0.15) is 6.92 Å². The number of halogens is 1. The molecule has 0 saturated heterocycles. The minimum atomic E-state index is -4.94. The highest BCUT2D eigenvalue weighted by molar-refractivity contribution is 5.84. The van der Waals surface area contributed by atoms with Crippen molar-refractivity contribution in [2.24, 2.45) is 0 Å². The fraction of sp³-hybridized carbons (Fsp3) is 0.182. The number of phenols is 1. The van der Waals surface area contributed by atoms with Crippen molar-refractivity contribution in [1.29, 1.82) is 0 Å². The third-order valence-electron chi connectivity index (χ3n) is 1.94. The van der Waals surface area contributed by atoms with Crippen molar-refractivity contribution >= 4 is 11.0 Å². The molecule has 0 fully saturated rings. The molecule has 0 radical (unpaired) electrons. The van der Waals surface area contributed by atoms with Gasteiger partial charge in [-0.15, -0.1) is 10.2 Å². The standard InChI is InChI=1S/C11H10O3.ClHO4/c1-2-13-10-5-6-14-11-7-8(12)3-4-9(10)11;2-1(3,4)5/h3-7H,2H2,1H3;(H,2,3,4,5). The number of hydrogen-bond donors (Lipinski definition) is 1. The van der Waals surface area contributed by atoms with Gasteiger partial charge in [0.05, 0.1) is 18.7 Å². The van der Waals surface area contributed by atoms with Crippen molar-refractivity contribution < 1.29 is 43.1 Å². The molecule has 0 aliphatic carbocycles. The van der Waals surface area contributed by atoms with Crippen LogP contribution in [-0.2, 0) is 0 Å². The van der Waals surface area contributed by atoms with Gasteiger partial charge in [-0.2, -0.15) is 0 Å². The fourth-order valence-electron chi connectivity index (χ4n) is 1.35. The van der Waals surface area contributed by atoms with Gasteiger partial charge < -0.3 is 9.84 Å². The smallest absolute Gasteiger partial charge is 0.367 e. The lowest BCUT2D eigenvalue weighted by Crippen LogP contribution is -2.68. The zero-order valence-corrected chi connectivity index (χ0v) is 10.6. The van der Waals surface area contributed by atoms with Crippen LogP contribution >= 0.6 is 0 Å².